The van der Waals surface area contributed by atoms with Gasteiger partial charge in [-0.15, -0.1) is 0 Å². The van der Waals surface area contributed by atoms with Crippen LogP contribution in [0.2, 0.25) is 0 Å². The number of hydrogen-bond acceptors (Lipinski definition) is 4. The molecule has 0 saturated carbocycles. The smallest absolute Gasteiger partial charge is 0.255 e. The van der Waals surface area contributed by atoms with Gasteiger partial charge < -0.3 is 15.1 Å². The third-order valence-corrected chi connectivity index (χ3v) is 6.19. The van der Waals surface area contributed by atoms with Gasteiger partial charge >= 0.3 is 0 Å². The Bertz CT molecular complexity index is 822. The van der Waals surface area contributed by atoms with E-state index in [1.165, 1.54) is 24.9 Å². The van der Waals surface area contributed by atoms with Gasteiger partial charge in [0.05, 0.1) is 5.56 Å². The fraction of sp³-hybridized carbons (Fsp3) is 0.455. The maximum absolute atomic E-state index is 12.9. The Hall–Kier alpha value is -2.08. The number of amides is 1. The monoisotopic (exact) mass is 442 g/mol. The number of hydrogen-bond donors (Lipinski definition) is 1. The predicted octanol–water partition coefficient (Wildman–Crippen LogP) is 4.09. The SMILES string of the molecule is O=C(NCC1CCN(c2cccc(Br)c2)C1)c1cccnc1N1CCCCC1. The van der Waals surface area contributed by atoms with Crippen molar-refractivity contribution in [1.29, 1.82) is 0 Å². The van der Waals surface area contributed by atoms with E-state index in [0.29, 0.717) is 18.0 Å². The molecule has 2 aliphatic heterocycles. The van der Waals surface area contributed by atoms with Crippen LogP contribution in [0.5, 0.6) is 0 Å². The summed E-state index contributed by atoms with van der Waals surface area (Å²) >= 11 is 3.55. The number of halogens is 1. The van der Waals surface area contributed by atoms with Crippen molar-refractivity contribution in [3.63, 3.8) is 0 Å². The molecule has 0 radical (unpaired) electrons. The van der Waals surface area contributed by atoms with E-state index in [0.717, 1.165) is 42.9 Å². The van der Waals surface area contributed by atoms with Crippen LogP contribution in [0.1, 0.15) is 36.0 Å². The minimum Gasteiger partial charge on any atom is -0.371 e. The summed E-state index contributed by atoms with van der Waals surface area (Å²) in [6.45, 7) is 4.69. The van der Waals surface area contributed by atoms with Crippen LogP contribution >= 0.6 is 15.9 Å². The lowest BCUT2D eigenvalue weighted by molar-refractivity contribution is 0.0948. The fourth-order valence-corrected chi connectivity index (χ4v) is 4.56. The summed E-state index contributed by atoms with van der Waals surface area (Å²) in [5, 5.41) is 3.16. The average molecular weight is 443 g/mol. The van der Waals surface area contributed by atoms with Crippen LogP contribution in [-0.2, 0) is 0 Å². The maximum atomic E-state index is 12.9. The number of rotatable bonds is 5. The number of pyridine rings is 1. The van der Waals surface area contributed by atoms with E-state index in [-0.39, 0.29) is 5.91 Å². The first-order valence-electron chi connectivity index (χ1n) is 10.2. The molecule has 0 aliphatic carbocycles. The Morgan fingerprint density at radius 3 is 2.79 bits per heavy atom. The van der Waals surface area contributed by atoms with E-state index in [1.54, 1.807) is 6.20 Å². The minimum atomic E-state index is -0.00502. The predicted molar refractivity (Wildman–Crippen MR) is 117 cm³/mol. The first-order chi connectivity index (χ1) is 13.7. The van der Waals surface area contributed by atoms with Crippen molar-refractivity contribution in [2.75, 3.05) is 42.5 Å². The van der Waals surface area contributed by atoms with Crippen molar-refractivity contribution in [1.82, 2.24) is 10.3 Å². The van der Waals surface area contributed by atoms with Crippen LogP contribution in [0.4, 0.5) is 11.5 Å². The van der Waals surface area contributed by atoms with Gasteiger partial charge in [0, 0.05) is 49.1 Å². The number of carbonyl (C=O) groups is 1. The summed E-state index contributed by atoms with van der Waals surface area (Å²) in [6.07, 6.45) is 6.49. The lowest BCUT2D eigenvalue weighted by atomic mass is 10.1. The number of aromatic nitrogens is 1. The van der Waals surface area contributed by atoms with Crippen LogP contribution in [0.3, 0.4) is 0 Å². The van der Waals surface area contributed by atoms with Gasteiger partial charge in [-0.3, -0.25) is 4.79 Å². The zero-order valence-electron chi connectivity index (χ0n) is 16.1. The topological polar surface area (TPSA) is 48.5 Å². The van der Waals surface area contributed by atoms with E-state index in [9.17, 15) is 4.79 Å². The average Bonchev–Trinajstić information content (AvgIpc) is 3.22. The van der Waals surface area contributed by atoms with Gasteiger partial charge in [0.2, 0.25) is 0 Å². The van der Waals surface area contributed by atoms with E-state index >= 15 is 0 Å². The number of anilines is 2. The fourth-order valence-electron chi connectivity index (χ4n) is 4.17. The van der Waals surface area contributed by atoms with Gasteiger partial charge in [0.1, 0.15) is 5.82 Å². The molecule has 0 spiro atoms. The van der Waals surface area contributed by atoms with Crippen molar-refractivity contribution in [2.24, 2.45) is 5.92 Å². The molecule has 1 N–H and O–H groups in total. The summed E-state index contributed by atoms with van der Waals surface area (Å²) in [5.74, 6) is 1.30. The van der Waals surface area contributed by atoms with Crippen molar-refractivity contribution < 1.29 is 4.79 Å². The highest BCUT2D eigenvalue weighted by atomic mass is 79.9. The molecule has 2 fully saturated rings. The van der Waals surface area contributed by atoms with Crippen molar-refractivity contribution in [2.45, 2.75) is 25.7 Å². The van der Waals surface area contributed by atoms with Crippen LogP contribution < -0.4 is 15.1 Å². The van der Waals surface area contributed by atoms with Crippen molar-refractivity contribution in [3.05, 3.63) is 52.6 Å². The zero-order chi connectivity index (χ0) is 19.3. The molecule has 148 valence electrons. The Kier molecular flexibility index (Phi) is 6.15. The normalized spacial score (nSPS) is 19.7. The number of carbonyl (C=O) groups excluding carboxylic acids is 1. The molecule has 2 saturated heterocycles. The maximum Gasteiger partial charge on any atom is 0.255 e. The van der Waals surface area contributed by atoms with Gasteiger partial charge in [-0.05, 0) is 61.9 Å². The highest BCUT2D eigenvalue weighted by Crippen LogP contribution is 2.26. The molecule has 1 atom stereocenters. The van der Waals surface area contributed by atoms with Crippen molar-refractivity contribution in [3.8, 4) is 0 Å². The Morgan fingerprint density at radius 2 is 1.96 bits per heavy atom. The number of nitrogens with one attached hydrogen (secondary N) is 1. The summed E-state index contributed by atoms with van der Waals surface area (Å²) in [6, 6.07) is 12.2. The molecule has 1 unspecified atom stereocenters. The molecule has 2 aliphatic rings. The van der Waals surface area contributed by atoms with Crippen LogP contribution in [0, 0.1) is 5.92 Å². The van der Waals surface area contributed by atoms with Gasteiger partial charge in [0.15, 0.2) is 0 Å². The molecule has 1 aromatic heterocycles. The Balaban J connectivity index is 1.35. The van der Waals surface area contributed by atoms with Crippen LogP contribution in [0.25, 0.3) is 0 Å². The van der Waals surface area contributed by atoms with E-state index in [1.807, 2.05) is 18.2 Å². The van der Waals surface area contributed by atoms with Crippen LogP contribution in [-0.4, -0.2) is 43.6 Å². The lowest BCUT2D eigenvalue weighted by Crippen LogP contribution is -2.35. The molecule has 1 aromatic carbocycles. The molecule has 3 heterocycles. The standard InChI is InChI=1S/C22H27BrN4O/c23-18-6-4-7-19(14-18)27-13-9-17(16-27)15-25-22(28)20-8-5-10-24-21(20)26-11-2-1-3-12-26/h4-8,10,14,17H,1-3,9,11-13,15-16H2,(H,25,28). The van der Waals surface area contributed by atoms with Crippen LogP contribution in [0.15, 0.2) is 47.1 Å². The summed E-state index contributed by atoms with van der Waals surface area (Å²) in [7, 11) is 0. The minimum absolute atomic E-state index is 0.00502. The largest absolute Gasteiger partial charge is 0.371 e. The molecular formula is C22H27BrN4O. The van der Waals surface area contributed by atoms with E-state index < -0.39 is 0 Å². The van der Waals surface area contributed by atoms with Gasteiger partial charge in [-0.2, -0.15) is 0 Å². The second-order valence-electron chi connectivity index (χ2n) is 7.71. The first-order valence-corrected chi connectivity index (χ1v) is 11.0. The lowest BCUT2D eigenvalue weighted by Gasteiger charge is -2.29. The quantitative estimate of drug-likeness (QED) is 0.757. The second kappa shape index (κ2) is 8.95. The summed E-state index contributed by atoms with van der Waals surface area (Å²) in [4.78, 5) is 22.0. The molecule has 2 aromatic rings. The molecule has 1 amide bonds. The van der Waals surface area contributed by atoms with Crippen molar-refractivity contribution >= 4 is 33.3 Å². The number of piperidine rings is 1. The Labute approximate surface area is 175 Å². The molecule has 6 heteroatoms. The molecular weight excluding hydrogens is 416 g/mol. The Morgan fingerprint density at radius 1 is 1.11 bits per heavy atom. The molecule has 28 heavy (non-hydrogen) atoms. The van der Waals surface area contributed by atoms with Gasteiger partial charge in [0.25, 0.3) is 5.91 Å². The molecule has 0 bridgehead atoms. The highest BCUT2D eigenvalue weighted by molar-refractivity contribution is 9.10. The molecule has 5 nitrogen and oxygen atoms in total. The third-order valence-electron chi connectivity index (χ3n) is 5.70. The van der Waals surface area contributed by atoms with Gasteiger partial charge in [-0.1, -0.05) is 22.0 Å². The van der Waals surface area contributed by atoms with E-state index in [4.69, 9.17) is 0 Å². The highest BCUT2D eigenvalue weighted by Gasteiger charge is 2.25. The first kappa shape index (κ1) is 19.2. The third kappa shape index (κ3) is 4.49. The van der Waals surface area contributed by atoms with Gasteiger partial charge in [-0.25, -0.2) is 4.98 Å². The summed E-state index contributed by atoms with van der Waals surface area (Å²) < 4.78 is 1.10. The van der Waals surface area contributed by atoms with E-state index in [2.05, 4.69) is 54.2 Å². The second-order valence-corrected chi connectivity index (χ2v) is 8.63. The molecule has 4 rings (SSSR count). The summed E-state index contributed by atoms with van der Waals surface area (Å²) in [5.41, 5.74) is 1.94. The number of nitrogens with zero attached hydrogens (tertiary/aromatic N) is 3. The zero-order valence-corrected chi connectivity index (χ0v) is 17.7. The number of benzene rings is 1.